The number of nitrogens with one attached hydrogen (secondary N) is 1. The van der Waals surface area contributed by atoms with Crippen LogP contribution in [0.2, 0.25) is 0 Å². The molecule has 1 aliphatic rings. The van der Waals surface area contributed by atoms with Gasteiger partial charge in [-0.3, -0.25) is 0 Å². The van der Waals surface area contributed by atoms with E-state index in [0.29, 0.717) is 0 Å². The molecule has 1 N–H and O–H groups in total. The maximum absolute atomic E-state index is 5.69. The van der Waals surface area contributed by atoms with Crippen molar-refractivity contribution in [2.24, 2.45) is 0 Å². The van der Waals surface area contributed by atoms with Gasteiger partial charge in [-0.25, -0.2) is 9.50 Å². The molecule has 0 spiro atoms. The van der Waals surface area contributed by atoms with Crippen LogP contribution in [0.25, 0.3) is 5.65 Å². The van der Waals surface area contributed by atoms with E-state index < -0.39 is 0 Å². The van der Waals surface area contributed by atoms with Crippen LogP contribution < -0.4 is 5.32 Å². The van der Waals surface area contributed by atoms with E-state index in [9.17, 15) is 0 Å². The van der Waals surface area contributed by atoms with E-state index in [1.54, 1.807) is 12.4 Å². The van der Waals surface area contributed by atoms with Gasteiger partial charge in [0.15, 0.2) is 5.65 Å². The van der Waals surface area contributed by atoms with Gasteiger partial charge >= 0.3 is 0 Å². The van der Waals surface area contributed by atoms with Gasteiger partial charge in [-0.1, -0.05) is 0 Å². The van der Waals surface area contributed by atoms with Crippen molar-refractivity contribution in [2.75, 3.05) is 19.7 Å². The summed E-state index contributed by atoms with van der Waals surface area (Å²) in [7, 11) is 0. The van der Waals surface area contributed by atoms with Gasteiger partial charge in [0, 0.05) is 25.4 Å². The molecule has 1 saturated heterocycles. The summed E-state index contributed by atoms with van der Waals surface area (Å²) < 4.78 is 7.52. The van der Waals surface area contributed by atoms with Crippen molar-refractivity contribution in [3.63, 3.8) is 0 Å². The Bertz CT molecular complexity index is 461. The Morgan fingerprint density at radius 1 is 1.40 bits per heavy atom. The molecule has 5 nitrogen and oxygen atoms in total. The molecular weight excluding hydrogens is 192 g/mol. The van der Waals surface area contributed by atoms with Crippen LogP contribution in [0.5, 0.6) is 0 Å². The maximum atomic E-state index is 5.69. The van der Waals surface area contributed by atoms with Gasteiger partial charge in [-0.05, 0) is 6.07 Å². The minimum absolute atomic E-state index is 0.0733. The zero-order valence-electron chi connectivity index (χ0n) is 8.26. The first kappa shape index (κ1) is 8.82. The monoisotopic (exact) mass is 204 g/mol. The van der Waals surface area contributed by atoms with E-state index in [0.717, 1.165) is 31.0 Å². The van der Waals surface area contributed by atoms with Crippen LogP contribution in [-0.4, -0.2) is 34.3 Å². The van der Waals surface area contributed by atoms with Crippen molar-refractivity contribution in [1.82, 2.24) is 19.9 Å². The van der Waals surface area contributed by atoms with Gasteiger partial charge < -0.3 is 10.1 Å². The van der Waals surface area contributed by atoms with Crippen LogP contribution in [0.15, 0.2) is 24.5 Å². The van der Waals surface area contributed by atoms with Gasteiger partial charge in [0.25, 0.3) is 0 Å². The molecule has 78 valence electrons. The fourth-order valence-corrected chi connectivity index (χ4v) is 1.85. The Labute approximate surface area is 87.1 Å². The normalized spacial score (nSPS) is 22.0. The van der Waals surface area contributed by atoms with E-state index in [2.05, 4.69) is 15.4 Å². The average Bonchev–Trinajstić information content (AvgIpc) is 2.78. The van der Waals surface area contributed by atoms with Crippen molar-refractivity contribution in [3.8, 4) is 0 Å². The number of ether oxygens (including phenoxy) is 1. The van der Waals surface area contributed by atoms with Crippen LogP contribution in [0.3, 0.4) is 0 Å². The molecule has 0 bridgehead atoms. The Morgan fingerprint density at radius 3 is 3.27 bits per heavy atom. The number of aromatic nitrogens is 3. The molecular formula is C10H12N4O. The minimum atomic E-state index is 0.0733. The van der Waals surface area contributed by atoms with E-state index in [1.165, 1.54) is 0 Å². The predicted octanol–water partition coefficient (Wildman–Crippen LogP) is 0.390. The van der Waals surface area contributed by atoms with Crippen LogP contribution in [-0.2, 0) is 4.74 Å². The first-order chi connectivity index (χ1) is 7.45. The third-order valence-corrected chi connectivity index (χ3v) is 2.58. The maximum Gasteiger partial charge on any atom is 0.155 e. The SMILES string of the molecule is c1cc(C2CNCCO2)n2nccc2n1. The summed E-state index contributed by atoms with van der Waals surface area (Å²) >= 11 is 0. The molecule has 0 aromatic carbocycles. The molecule has 1 fully saturated rings. The zero-order valence-corrected chi connectivity index (χ0v) is 8.26. The van der Waals surface area contributed by atoms with Gasteiger partial charge in [0.2, 0.25) is 0 Å². The summed E-state index contributed by atoms with van der Waals surface area (Å²) in [6, 6.07) is 3.84. The highest BCUT2D eigenvalue weighted by Gasteiger charge is 2.18. The second kappa shape index (κ2) is 3.60. The fraction of sp³-hybridized carbons (Fsp3) is 0.400. The standard InChI is InChI=1S/C10H12N4O/c1-3-12-10-2-4-13-14(10)8(1)9-7-11-5-6-15-9/h1-4,9,11H,5-7H2. The molecule has 3 heterocycles. The Hall–Kier alpha value is -1.46. The summed E-state index contributed by atoms with van der Waals surface area (Å²) in [6.07, 6.45) is 3.62. The molecule has 0 aliphatic carbocycles. The highest BCUT2D eigenvalue weighted by molar-refractivity contribution is 5.37. The molecule has 15 heavy (non-hydrogen) atoms. The summed E-state index contributed by atoms with van der Waals surface area (Å²) in [5, 5.41) is 7.54. The molecule has 0 radical (unpaired) electrons. The minimum Gasteiger partial charge on any atom is -0.369 e. The highest BCUT2D eigenvalue weighted by atomic mass is 16.5. The predicted molar refractivity (Wildman–Crippen MR) is 54.5 cm³/mol. The number of nitrogens with zero attached hydrogens (tertiary/aromatic N) is 3. The van der Waals surface area contributed by atoms with Crippen molar-refractivity contribution in [2.45, 2.75) is 6.10 Å². The lowest BCUT2D eigenvalue weighted by molar-refractivity contribution is 0.0236. The molecule has 1 atom stereocenters. The summed E-state index contributed by atoms with van der Waals surface area (Å²) in [5.74, 6) is 0. The second-order valence-corrected chi connectivity index (χ2v) is 3.53. The number of morpholine rings is 1. The first-order valence-corrected chi connectivity index (χ1v) is 5.06. The quantitative estimate of drug-likeness (QED) is 0.730. The van der Waals surface area contributed by atoms with Crippen LogP contribution in [0.4, 0.5) is 0 Å². The molecule has 5 heteroatoms. The summed E-state index contributed by atoms with van der Waals surface area (Å²) in [4.78, 5) is 4.22. The van der Waals surface area contributed by atoms with Gasteiger partial charge in [0.05, 0.1) is 18.5 Å². The van der Waals surface area contributed by atoms with Crippen LogP contribution in [0, 0.1) is 0 Å². The lowest BCUT2D eigenvalue weighted by Crippen LogP contribution is -2.34. The Balaban J connectivity index is 2.05. The van der Waals surface area contributed by atoms with E-state index >= 15 is 0 Å². The number of hydrogen-bond acceptors (Lipinski definition) is 4. The highest BCUT2D eigenvalue weighted by Crippen LogP contribution is 2.18. The molecule has 0 saturated carbocycles. The van der Waals surface area contributed by atoms with Gasteiger partial charge in [0.1, 0.15) is 6.10 Å². The Morgan fingerprint density at radius 2 is 2.40 bits per heavy atom. The number of fused-ring (bicyclic) bond motifs is 1. The van der Waals surface area contributed by atoms with Crippen LogP contribution in [0.1, 0.15) is 11.8 Å². The summed E-state index contributed by atoms with van der Waals surface area (Å²) in [6.45, 7) is 2.50. The molecule has 3 rings (SSSR count). The molecule has 2 aromatic heterocycles. The largest absolute Gasteiger partial charge is 0.369 e. The van der Waals surface area contributed by atoms with Crippen LogP contribution >= 0.6 is 0 Å². The van der Waals surface area contributed by atoms with Gasteiger partial charge in [-0.2, -0.15) is 5.10 Å². The fourth-order valence-electron chi connectivity index (χ4n) is 1.85. The number of rotatable bonds is 1. The molecule has 0 amide bonds. The van der Waals surface area contributed by atoms with Crippen molar-refractivity contribution in [3.05, 3.63) is 30.2 Å². The Kier molecular flexibility index (Phi) is 2.12. The lowest BCUT2D eigenvalue weighted by atomic mass is 10.2. The molecule has 1 aliphatic heterocycles. The van der Waals surface area contributed by atoms with Crippen molar-refractivity contribution >= 4 is 5.65 Å². The topological polar surface area (TPSA) is 51.5 Å². The first-order valence-electron chi connectivity index (χ1n) is 5.06. The third-order valence-electron chi connectivity index (χ3n) is 2.58. The van der Waals surface area contributed by atoms with E-state index in [1.807, 2.05) is 16.6 Å². The zero-order chi connectivity index (χ0) is 10.1. The smallest absolute Gasteiger partial charge is 0.155 e. The third kappa shape index (κ3) is 1.49. The number of hydrogen-bond donors (Lipinski definition) is 1. The van der Waals surface area contributed by atoms with Gasteiger partial charge in [-0.15, -0.1) is 0 Å². The van der Waals surface area contributed by atoms with E-state index in [4.69, 9.17) is 4.74 Å². The van der Waals surface area contributed by atoms with E-state index in [-0.39, 0.29) is 6.10 Å². The average molecular weight is 204 g/mol. The second-order valence-electron chi connectivity index (χ2n) is 3.53. The molecule has 1 unspecified atom stereocenters. The van der Waals surface area contributed by atoms with Crippen molar-refractivity contribution in [1.29, 1.82) is 0 Å². The lowest BCUT2D eigenvalue weighted by Gasteiger charge is -2.23. The molecule has 2 aromatic rings. The summed E-state index contributed by atoms with van der Waals surface area (Å²) in [5.41, 5.74) is 1.92. The van der Waals surface area contributed by atoms with Crippen molar-refractivity contribution < 1.29 is 4.74 Å².